The lowest BCUT2D eigenvalue weighted by atomic mass is 9.91. The van der Waals surface area contributed by atoms with Crippen LogP contribution in [0.15, 0.2) is 0 Å². The van der Waals surface area contributed by atoms with Crippen LogP contribution >= 0.6 is 0 Å². The number of carbonyl (C=O) groups excluding carboxylic acids is 1. The van der Waals surface area contributed by atoms with Crippen LogP contribution in [0.4, 0.5) is 0 Å². The van der Waals surface area contributed by atoms with Crippen LogP contribution in [0.5, 0.6) is 0 Å². The molecule has 0 unspecified atom stereocenters. The number of nitrogens with zero attached hydrogens (tertiary/aromatic N) is 2. The first-order valence-electron chi connectivity index (χ1n) is 6.80. The van der Waals surface area contributed by atoms with Gasteiger partial charge in [-0.2, -0.15) is 5.26 Å². The Morgan fingerprint density at radius 1 is 1.39 bits per heavy atom. The molecule has 0 spiro atoms. The Kier molecular flexibility index (Phi) is 5.61. The van der Waals surface area contributed by atoms with Crippen molar-refractivity contribution >= 4 is 5.91 Å². The molecule has 0 aromatic carbocycles. The molecule has 0 radical (unpaired) electrons. The van der Waals surface area contributed by atoms with E-state index in [9.17, 15) is 4.79 Å². The molecular formula is C14H25N3O. The lowest BCUT2D eigenvalue weighted by Crippen LogP contribution is -2.45. The molecule has 1 aliphatic heterocycles. The van der Waals surface area contributed by atoms with Crippen molar-refractivity contribution in [3.63, 3.8) is 0 Å². The predicted octanol–water partition coefficient (Wildman–Crippen LogP) is 1.92. The highest BCUT2D eigenvalue weighted by atomic mass is 16.2. The molecule has 1 heterocycles. The molecule has 0 saturated carbocycles. The van der Waals surface area contributed by atoms with Crippen LogP contribution in [-0.2, 0) is 4.79 Å². The van der Waals surface area contributed by atoms with Crippen molar-refractivity contribution in [2.45, 2.75) is 52.5 Å². The number of hydrogen-bond donors (Lipinski definition) is 1. The standard InChI is InChI=1S/C14H25N3O/c1-14(2,3)11-13(18)17-9-5-12(6-10-17)16-8-4-7-15/h12,16H,4-6,8-11H2,1-3H3. The molecule has 0 bridgehead atoms. The summed E-state index contributed by atoms with van der Waals surface area (Å²) in [5, 5.41) is 11.8. The SMILES string of the molecule is CC(C)(C)CC(=O)N1CCC(NCCC#N)CC1. The summed E-state index contributed by atoms with van der Waals surface area (Å²) < 4.78 is 0. The largest absolute Gasteiger partial charge is 0.343 e. The highest BCUT2D eigenvalue weighted by Crippen LogP contribution is 2.21. The van der Waals surface area contributed by atoms with Crippen molar-refractivity contribution in [1.29, 1.82) is 5.26 Å². The van der Waals surface area contributed by atoms with Gasteiger partial charge in [-0.05, 0) is 18.3 Å². The van der Waals surface area contributed by atoms with E-state index in [-0.39, 0.29) is 11.3 Å². The first kappa shape index (κ1) is 15.0. The number of nitrogens with one attached hydrogen (secondary N) is 1. The maximum absolute atomic E-state index is 12.0. The second-order valence-electron chi connectivity index (χ2n) is 6.25. The number of piperidine rings is 1. The monoisotopic (exact) mass is 251 g/mol. The number of carbonyl (C=O) groups is 1. The zero-order valence-electron chi connectivity index (χ0n) is 11.8. The van der Waals surface area contributed by atoms with Crippen molar-refractivity contribution in [1.82, 2.24) is 10.2 Å². The smallest absolute Gasteiger partial charge is 0.223 e. The van der Waals surface area contributed by atoms with E-state index in [4.69, 9.17) is 5.26 Å². The van der Waals surface area contributed by atoms with Crippen LogP contribution in [0.1, 0.15) is 46.5 Å². The minimum atomic E-state index is 0.0684. The summed E-state index contributed by atoms with van der Waals surface area (Å²) in [6, 6.07) is 2.60. The van der Waals surface area contributed by atoms with Gasteiger partial charge in [0.05, 0.1) is 6.07 Å². The van der Waals surface area contributed by atoms with Crippen molar-refractivity contribution in [2.75, 3.05) is 19.6 Å². The van der Waals surface area contributed by atoms with Gasteiger partial charge in [-0.25, -0.2) is 0 Å². The van der Waals surface area contributed by atoms with Crippen LogP contribution in [0.25, 0.3) is 0 Å². The molecular weight excluding hydrogens is 226 g/mol. The van der Waals surface area contributed by atoms with Gasteiger partial charge in [-0.3, -0.25) is 4.79 Å². The summed E-state index contributed by atoms with van der Waals surface area (Å²) >= 11 is 0. The van der Waals surface area contributed by atoms with Crippen molar-refractivity contribution in [2.24, 2.45) is 5.41 Å². The molecule has 0 atom stereocenters. The number of nitriles is 1. The van der Waals surface area contributed by atoms with E-state index in [1.807, 2.05) is 4.90 Å². The first-order valence-corrected chi connectivity index (χ1v) is 6.80. The molecule has 0 aliphatic carbocycles. The Morgan fingerprint density at radius 2 is 2.00 bits per heavy atom. The van der Waals surface area contributed by atoms with E-state index >= 15 is 0 Å². The third-order valence-corrected chi connectivity index (χ3v) is 3.20. The van der Waals surface area contributed by atoms with Crippen molar-refractivity contribution in [3.05, 3.63) is 0 Å². The van der Waals surface area contributed by atoms with Gasteiger partial charge < -0.3 is 10.2 Å². The van der Waals surface area contributed by atoms with Gasteiger partial charge in [0, 0.05) is 38.5 Å². The van der Waals surface area contributed by atoms with Gasteiger partial charge >= 0.3 is 0 Å². The van der Waals surface area contributed by atoms with E-state index in [1.54, 1.807) is 0 Å². The summed E-state index contributed by atoms with van der Waals surface area (Å²) in [5.41, 5.74) is 0.0684. The van der Waals surface area contributed by atoms with Crippen LogP contribution < -0.4 is 5.32 Å². The summed E-state index contributed by atoms with van der Waals surface area (Å²) in [5.74, 6) is 0.276. The fourth-order valence-electron chi connectivity index (χ4n) is 2.23. The van der Waals surface area contributed by atoms with Crippen LogP contribution in [0, 0.1) is 16.7 Å². The Labute approximate surface area is 110 Å². The second-order valence-corrected chi connectivity index (χ2v) is 6.25. The van der Waals surface area contributed by atoms with Crippen molar-refractivity contribution < 1.29 is 4.79 Å². The lowest BCUT2D eigenvalue weighted by Gasteiger charge is -2.34. The van der Waals surface area contributed by atoms with Gasteiger partial charge in [0.15, 0.2) is 0 Å². The predicted molar refractivity (Wildman–Crippen MR) is 71.9 cm³/mol. The molecule has 1 rings (SSSR count). The van der Waals surface area contributed by atoms with Gasteiger partial charge in [0.1, 0.15) is 0 Å². The highest BCUT2D eigenvalue weighted by Gasteiger charge is 2.25. The normalized spacial score (nSPS) is 17.6. The Bertz CT molecular complexity index is 306. The molecule has 0 aromatic heterocycles. The molecule has 4 heteroatoms. The fraction of sp³-hybridized carbons (Fsp3) is 0.857. The highest BCUT2D eigenvalue weighted by molar-refractivity contribution is 5.76. The molecule has 18 heavy (non-hydrogen) atoms. The van der Waals surface area contributed by atoms with Gasteiger partial charge in [0.2, 0.25) is 5.91 Å². The number of hydrogen-bond acceptors (Lipinski definition) is 3. The van der Waals surface area contributed by atoms with Crippen molar-refractivity contribution in [3.8, 4) is 6.07 Å². The van der Waals surface area contributed by atoms with Gasteiger partial charge in [-0.1, -0.05) is 20.8 Å². The van der Waals surface area contributed by atoms with Crippen LogP contribution in [0.3, 0.4) is 0 Å². The van der Waals surface area contributed by atoms with E-state index in [2.05, 4.69) is 32.2 Å². The summed E-state index contributed by atoms with van der Waals surface area (Å²) in [7, 11) is 0. The Balaban J connectivity index is 2.27. The van der Waals surface area contributed by atoms with E-state index in [0.717, 1.165) is 32.5 Å². The van der Waals surface area contributed by atoms with Gasteiger partial charge in [0.25, 0.3) is 0 Å². The second kappa shape index (κ2) is 6.75. The minimum absolute atomic E-state index is 0.0684. The average Bonchev–Trinajstić information content (AvgIpc) is 2.28. The maximum atomic E-state index is 12.0. The molecule has 1 aliphatic rings. The molecule has 0 aromatic rings. The number of rotatable bonds is 4. The topological polar surface area (TPSA) is 56.1 Å². The molecule has 1 fully saturated rings. The third kappa shape index (κ3) is 5.50. The Morgan fingerprint density at radius 3 is 2.50 bits per heavy atom. The quantitative estimate of drug-likeness (QED) is 0.777. The lowest BCUT2D eigenvalue weighted by molar-refractivity contribution is -0.134. The molecule has 4 nitrogen and oxygen atoms in total. The Hall–Kier alpha value is -1.08. The minimum Gasteiger partial charge on any atom is -0.343 e. The molecule has 102 valence electrons. The average molecular weight is 251 g/mol. The fourth-order valence-corrected chi connectivity index (χ4v) is 2.23. The summed E-state index contributed by atoms with van der Waals surface area (Å²) in [4.78, 5) is 14.0. The third-order valence-electron chi connectivity index (χ3n) is 3.20. The maximum Gasteiger partial charge on any atom is 0.223 e. The summed E-state index contributed by atoms with van der Waals surface area (Å²) in [6.45, 7) is 8.75. The zero-order chi connectivity index (χ0) is 13.6. The molecule has 1 amide bonds. The number of amides is 1. The zero-order valence-corrected chi connectivity index (χ0v) is 11.8. The molecule has 1 saturated heterocycles. The van der Waals surface area contributed by atoms with E-state index < -0.39 is 0 Å². The first-order chi connectivity index (χ1) is 8.42. The van der Waals surface area contributed by atoms with E-state index in [1.165, 1.54) is 0 Å². The summed E-state index contributed by atoms with van der Waals surface area (Å²) in [6.07, 6.45) is 3.19. The van der Waals surface area contributed by atoms with E-state index in [0.29, 0.717) is 18.9 Å². The molecule has 1 N–H and O–H groups in total. The van der Waals surface area contributed by atoms with Crippen LogP contribution in [0.2, 0.25) is 0 Å². The number of likely N-dealkylation sites (tertiary alicyclic amines) is 1. The van der Waals surface area contributed by atoms with Crippen LogP contribution in [-0.4, -0.2) is 36.5 Å². The van der Waals surface area contributed by atoms with Gasteiger partial charge in [-0.15, -0.1) is 0 Å².